The molecule has 0 aliphatic heterocycles. The van der Waals surface area contributed by atoms with Crippen LogP contribution in [0, 0.1) is 11.3 Å². The van der Waals surface area contributed by atoms with E-state index < -0.39 is 0 Å². The molecular weight excluding hydrogens is 430 g/mol. The van der Waals surface area contributed by atoms with Crippen molar-refractivity contribution in [3.63, 3.8) is 0 Å². The maximum absolute atomic E-state index is 10.2. The van der Waals surface area contributed by atoms with Gasteiger partial charge in [-0.1, -0.05) is 90.2 Å². The summed E-state index contributed by atoms with van der Waals surface area (Å²) < 4.78 is 3.45. The van der Waals surface area contributed by atoms with E-state index >= 15 is 0 Å². The van der Waals surface area contributed by atoms with Gasteiger partial charge in [0.15, 0.2) is 5.69 Å². The minimum Gasteiger partial charge on any atom is -0.231 e. The lowest BCUT2D eigenvalue weighted by atomic mass is 10.1. The molecule has 6 aromatic rings. The zero-order valence-electron chi connectivity index (χ0n) is 17.2. The first-order valence-electron chi connectivity index (χ1n) is 10.3. The highest BCUT2D eigenvalue weighted by molar-refractivity contribution is 7.19. The number of hydrogen-bond acceptors (Lipinski definition) is 6. The highest BCUT2D eigenvalue weighted by Gasteiger charge is 2.26. The fraction of sp³-hybridized carbons (Fsp3) is 0. The second-order valence-electron chi connectivity index (χ2n) is 7.29. The summed E-state index contributed by atoms with van der Waals surface area (Å²) in [6.45, 7) is 0. The lowest BCUT2D eigenvalue weighted by Gasteiger charge is -2.07. The van der Waals surface area contributed by atoms with Gasteiger partial charge in [-0.05, 0) is 12.1 Å². The van der Waals surface area contributed by atoms with Gasteiger partial charge in [-0.2, -0.15) is 20.0 Å². The minimum absolute atomic E-state index is 0.425. The van der Waals surface area contributed by atoms with Crippen LogP contribution in [0.1, 0.15) is 5.56 Å². The third kappa shape index (κ3) is 3.19. The van der Waals surface area contributed by atoms with Crippen LogP contribution in [0.2, 0.25) is 0 Å². The van der Waals surface area contributed by atoms with Crippen LogP contribution in [0.15, 0.2) is 91.0 Å². The Labute approximate surface area is 192 Å². The Morgan fingerprint density at radius 2 is 1.36 bits per heavy atom. The van der Waals surface area contributed by atoms with E-state index in [1.54, 1.807) is 9.20 Å². The van der Waals surface area contributed by atoms with Gasteiger partial charge < -0.3 is 0 Å². The van der Waals surface area contributed by atoms with Gasteiger partial charge in [-0.25, -0.2) is 4.68 Å². The van der Waals surface area contributed by atoms with E-state index in [-0.39, 0.29) is 0 Å². The lowest BCUT2D eigenvalue weighted by Crippen LogP contribution is -1.99. The molecule has 33 heavy (non-hydrogen) atoms. The summed E-state index contributed by atoms with van der Waals surface area (Å²) in [5.74, 6) is 0.437. The third-order valence-corrected chi connectivity index (χ3v) is 6.22. The summed E-state index contributed by atoms with van der Waals surface area (Å²) in [6.07, 6.45) is 0. The van der Waals surface area contributed by atoms with Gasteiger partial charge in [0.25, 0.3) is 0 Å². The van der Waals surface area contributed by atoms with Crippen LogP contribution in [0.3, 0.4) is 0 Å². The Bertz CT molecular complexity index is 1610. The van der Waals surface area contributed by atoms with Crippen LogP contribution in [0.4, 0.5) is 0 Å². The third-order valence-electron chi connectivity index (χ3n) is 5.27. The van der Waals surface area contributed by atoms with Gasteiger partial charge in [0.2, 0.25) is 10.8 Å². The van der Waals surface area contributed by atoms with Gasteiger partial charge in [0.05, 0.1) is 11.4 Å². The van der Waals surface area contributed by atoms with Crippen molar-refractivity contribution in [1.82, 2.24) is 29.6 Å². The van der Waals surface area contributed by atoms with Crippen molar-refractivity contribution < 1.29 is 0 Å². The fourth-order valence-corrected chi connectivity index (χ4v) is 4.61. The summed E-state index contributed by atoms with van der Waals surface area (Å²) in [5.41, 5.74) is 4.31. The molecule has 0 aliphatic rings. The van der Waals surface area contributed by atoms with Crippen LogP contribution in [-0.4, -0.2) is 29.6 Å². The van der Waals surface area contributed by atoms with Crippen LogP contribution in [-0.2, 0) is 0 Å². The molecule has 6 rings (SSSR count). The Morgan fingerprint density at radius 3 is 2.03 bits per heavy atom. The smallest absolute Gasteiger partial charge is 0.231 e. The quantitative estimate of drug-likeness (QED) is 0.370. The van der Waals surface area contributed by atoms with Crippen LogP contribution < -0.4 is 0 Å². The summed E-state index contributed by atoms with van der Waals surface area (Å²) >= 11 is 1.44. The second kappa shape index (κ2) is 7.82. The SMILES string of the molecule is N#Cc1c(-c2nnc3sc(-c4ccccc4)nn23)nn(-c2ccccc2)c1-c1ccccc1. The normalized spacial score (nSPS) is 11.0. The molecule has 0 amide bonds. The first-order valence-corrected chi connectivity index (χ1v) is 11.1. The fourth-order valence-electron chi connectivity index (χ4n) is 3.76. The second-order valence-corrected chi connectivity index (χ2v) is 8.24. The summed E-state index contributed by atoms with van der Waals surface area (Å²) in [7, 11) is 0. The molecule has 0 unspecified atom stereocenters. The monoisotopic (exact) mass is 445 g/mol. The van der Waals surface area contributed by atoms with E-state index in [2.05, 4.69) is 16.3 Å². The average Bonchev–Trinajstić information content (AvgIpc) is 3.58. The molecular formula is C25H15N7S. The van der Waals surface area contributed by atoms with Gasteiger partial charge in [0, 0.05) is 11.1 Å². The molecule has 0 radical (unpaired) electrons. The van der Waals surface area contributed by atoms with E-state index in [1.165, 1.54) is 11.3 Å². The molecule has 3 heterocycles. The van der Waals surface area contributed by atoms with Crippen molar-refractivity contribution in [1.29, 1.82) is 5.26 Å². The number of para-hydroxylation sites is 1. The first kappa shape index (κ1) is 19.1. The number of hydrogen-bond donors (Lipinski definition) is 0. The predicted molar refractivity (Wildman–Crippen MR) is 127 cm³/mol. The van der Waals surface area contributed by atoms with Crippen LogP contribution >= 0.6 is 11.3 Å². The molecule has 156 valence electrons. The molecule has 0 spiro atoms. The molecule has 8 heteroatoms. The highest BCUT2D eigenvalue weighted by atomic mass is 32.1. The van der Waals surface area contributed by atoms with E-state index in [4.69, 9.17) is 10.2 Å². The van der Waals surface area contributed by atoms with Gasteiger partial charge in [0.1, 0.15) is 16.6 Å². The van der Waals surface area contributed by atoms with Crippen molar-refractivity contribution in [2.45, 2.75) is 0 Å². The molecule has 0 fully saturated rings. The minimum atomic E-state index is 0.425. The molecule has 0 bridgehead atoms. The zero-order valence-corrected chi connectivity index (χ0v) is 18.0. The molecule has 0 saturated heterocycles. The molecule has 3 aromatic carbocycles. The summed E-state index contributed by atoms with van der Waals surface area (Å²) in [4.78, 5) is 0.642. The summed E-state index contributed by atoms with van der Waals surface area (Å²) in [6, 6.07) is 31.8. The molecule has 0 N–H and O–H groups in total. The van der Waals surface area contributed by atoms with Gasteiger partial charge >= 0.3 is 0 Å². The summed E-state index contributed by atoms with van der Waals surface area (Å²) in [5, 5.41) is 29.2. The zero-order chi connectivity index (χ0) is 22.2. The van der Waals surface area contributed by atoms with E-state index in [0.717, 1.165) is 21.8 Å². The topological polar surface area (TPSA) is 84.7 Å². The molecule has 0 aliphatic carbocycles. The van der Waals surface area contributed by atoms with Crippen molar-refractivity contribution in [3.05, 3.63) is 96.6 Å². The van der Waals surface area contributed by atoms with Crippen molar-refractivity contribution >= 4 is 16.3 Å². The van der Waals surface area contributed by atoms with E-state index in [9.17, 15) is 5.26 Å². The number of rotatable bonds is 4. The van der Waals surface area contributed by atoms with Gasteiger partial charge in [-0.3, -0.25) is 0 Å². The number of nitrogens with zero attached hydrogens (tertiary/aromatic N) is 7. The highest BCUT2D eigenvalue weighted by Crippen LogP contribution is 2.34. The maximum atomic E-state index is 10.2. The number of fused-ring (bicyclic) bond motifs is 1. The van der Waals surface area contributed by atoms with Gasteiger partial charge in [-0.15, -0.1) is 10.2 Å². The Morgan fingerprint density at radius 1 is 0.727 bits per heavy atom. The average molecular weight is 446 g/mol. The Hall–Kier alpha value is -4.61. The van der Waals surface area contributed by atoms with E-state index in [1.807, 2.05) is 91.0 Å². The van der Waals surface area contributed by atoms with Crippen LogP contribution in [0.5, 0.6) is 0 Å². The van der Waals surface area contributed by atoms with E-state index in [0.29, 0.717) is 27.7 Å². The van der Waals surface area contributed by atoms with Crippen molar-refractivity contribution in [2.24, 2.45) is 0 Å². The number of benzene rings is 3. The number of nitriles is 1. The molecule has 7 nitrogen and oxygen atoms in total. The Kier molecular flexibility index (Phi) is 4.53. The number of aromatic nitrogens is 6. The lowest BCUT2D eigenvalue weighted by molar-refractivity contribution is 0.877. The largest absolute Gasteiger partial charge is 0.235 e. The molecule has 3 aromatic heterocycles. The predicted octanol–water partition coefficient (Wildman–Crippen LogP) is 5.24. The van der Waals surface area contributed by atoms with Crippen molar-refractivity contribution in [2.75, 3.05) is 0 Å². The van der Waals surface area contributed by atoms with Crippen molar-refractivity contribution in [3.8, 4) is 45.1 Å². The maximum Gasteiger partial charge on any atom is 0.235 e. The Balaban J connectivity index is 1.60. The van der Waals surface area contributed by atoms with Crippen LogP contribution in [0.25, 0.3) is 44.0 Å². The first-order chi connectivity index (χ1) is 16.3. The standard InChI is InChI=1S/C25H15N7S/c26-16-20-21(23-27-28-25-32(23)30-24(33-25)18-12-6-2-7-13-18)29-31(19-14-8-3-9-15-19)22(20)17-10-4-1-5-11-17/h1-15H. The molecule has 0 saturated carbocycles. The molecule has 0 atom stereocenters.